The fourth-order valence-electron chi connectivity index (χ4n) is 2.51. The monoisotopic (exact) mass is 379 g/mol. The number of amides is 3. The van der Waals surface area contributed by atoms with Crippen LogP contribution < -0.4 is 21.7 Å². The highest BCUT2D eigenvalue weighted by Crippen LogP contribution is 2.11. The molecular weight excluding hydrogens is 362 g/mol. The molecule has 9 nitrogen and oxygen atoms in total. The van der Waals surface area contributed by atoms with Crippen LogP contribution >= 0.6 is 0 Å². The van der Waals surface area contributed by atoms with Crippen molar-refractivity contribution in [2.24, 2.45) is 0 Å². The highest BCUT2D eigenvalue weighted by Gasteiger charge is 2.19. The van der Waals surface area contributed by atoms with Gasteiger partial charge in [-0.25, -0.2) is 5.10 Å². The number of fused-ring (bicyclic) bond motifs is 1. The Morgan fingerprint density at radius 2 is 1.54 bits per heavy atom. The van der Waals surface area contributed by atoms with Crippen LogP contribution in [-0.4, -0.2) is 34.0 Å². The minimum absolute atomic E-state index is 0.0449. The average Bonchev–Trinajstić information content (AvgIpc) is 2.72. The number of carbonyl (C=O) groups excluding carboxylic acids is 3. The van der Waals surface area contributed by atoms with E-state index in [0.29, 0.717) is 16.3 Å². The van der Waals surface area contributed by atoms with Crippen LogP contribution in [0.1, 0.15) is 27.8 Å². The largest absolute Gasteiger partial charge is 0.340 e. The van der Waals surface area contributed by atoms with Crippen molar-refractivity contribution in [2.75, 3.05) is 0 Å². The minimum atomic E-state index is -0.895. The molecule has 1 unspecified atom stereocenters. The Balaban J connectivity index is 1.63. The van der Waals surface area contributed by atoms with Crippen LogP contribution in [0.2, 0.25) is 0 Å². The van der Waals surface area contributed by atoms with Crippen LogP contribution in [0.4, 0.5) is 0 Å². The van der Waals surface area contributed by atoms with Crippen LogP contribution in [-0.2, 0) is 4.79 Å². The predicted octanol–water partition coefficient (Wildman–Crippen LogP) is 0.503. The summed E-state index contributed by atoms with van der Waals surface area (Å²) >= 11 is 0. The van der Waals surface area contributed by atoms with Crippen molar-refractivity contribution < 1.29 is 14.4 Å². The van der Waals surface area contributed by atoms with Gasteiger partial charge in [0.15, 0.2) is 5.69 Å². The average molecular weight is 379 g/mol. The molecule has 0 aliphatic carbocycles. The van der Waals surface area contributed by atoms with Crippen LogP contribution in [0.3, 0.4) is 0 Å². The molecule has 4 N–H and O–H groups in total. The first kappa shape index (κ1) is 18.8. The van der Waals surface area contributed by atoms with Gasteiger partial charge >= 0.3 is 0 Å². The van der Waals surface area contributed by atoms with Gasteiger partial charge in [0.05, 0.1) is 5.39 Å². The molecule has 3 amide bonds. The normalized spacial score (nSPS) is 11.5. The zero-order chi connectivity index (χ0) is 20.1. The first-order chi connectivity index (χ1) is 13.5. The predicted molar refractivity (Wildman–Crippen MR) is 101 cm³/mol. The standard InChI is InChI=1S/C19H17N5O4/c1-11(20-17(26)12-7-3-2-4-8-12)16(25)22-24-19(28)15-13-9-5-6-10-14(13)18(27)23-21-15/h2-11H,1H3,(H,20,26)(H,22,25)(H,23,27)(H,24,28). The summed E-state index contributed by atoms with van der Waals surface area (Å²) in [6.45, 7) is 1.48. The number of hydrogen-bond donors (Lipinski definition) is 4. The summed E-state index contributed by atoms with van der Waals surface area (Å²) in [4.78, 5) is 48.3. The number of hydrogen-bond acceptors (Lipinski definition) is 5. The first-order valence-electron chi connectivity index (χ1n) is 8.41. The third kappa shape index (κ3) is 4.04. The summed E-state index contributed by atoms with van der Waals surface area (Å²) in [5.41, 5.74) is 4.41. The number of H-pyrrole nitrogens is 1. The summed E-state index contributed by atoms with van der Waals surface area (Å²) < 4.78 is 0. The van der Waals surface area contributed by atoms with E-state index in [4.69, 9.17) is 0 Å². The van der Waals surface area contributed by atoms with Crippen LogP contribution in [0.5, 0.6) is 0 Å². The molecule has 0 aliphatic heterocycles. The van der Waals surface area contributed by atoms with Crippen molar-refractivity contribution >= 4 is 28.5 Å². The number of hydrazine groups is 1. The lowest BCUT2D eigenvalue weighted by Gasteiger charge is -2.14. The molecule has 1 atom stereocenters. The molecule has 0 spiro atoms. The van der Waals surface area contributed by atoms with E-state index >= 15 is 0 Å². The minimum Gasteiger partial charge on any atom is -0.340 e. The Morgan fingerprint density at radius 1 is 0.893 bits per heavy atom. The molecule has 0 saturated heterocycles. The molecule has 1 aromatic heterocycles. The quantitative estimate of drug-likeness (QED) is 0.490. The van der Waals surface area contributed by atoms with E-state index in [2.05, 4.69) is 26.4 Å². The molecule has 0 fully saturated rings. The van der Waals surface area contributed by atoms with E-state index in [1.165, 1.54) is 6.92 Å². The van der Waals surface area contributed by atoms with E-state index in [1.807, 2.05) is 0 Å². The number of nitrogens with zero attached hydrogens (tertiary/aromatic N) is 1. The van der Waals surface area contributed by atoms with Gasteiger partial charge in [0.25, 0.3) is 23.3 Å². The van der Waals surface area contributed by atoms with Crippen LogP contribution in [0.15, 0.2) is 59.4 Å². The summed E-state index contributed by atoms with van der Waals surface area (Å²) in [5, 5.41) is 9.17. The van der Waals surface area contributed by atoms with Gasteiger partial charge in [0.2, 0.25) is 0 Å². The van der Waals surface area contributed by atoms with Crippen molar-refractivity contribution in [3.63, 3.8) is 0 Å². The second-order valence-corrected chi connectivity index (χ2v) is 5.95. The third-order valence-corrected chi connectivity index (χ3v) is 3.99. The maximum Gasteiger partial charge on any atom is 0.290 e. The summed E-state index contributed by atoms with van der Waals surface area (Å²) in [6, 6.07) is 14.0. The Hall–Kier alpha value is -4.01. The van der Waals surface area contributed by atoms with Gasteiger partial charge in [0.1, 0.15) is 6.04 Å². The Kier molecular flexibility index (Phi) is 5.45. The summed E-state index contributed by atoms with van der Waals surface area (Å²) in [5.74, 6) is -1.74. The molecule has 0 aliphatic rings. The van der Waals surface area contributed by atoms with E-state index in [1.54, 1.807) is 54.6 Å². The van der Waals surface area contributed by atoms with Gasteiger partial charge in [-0.3, -0.25) is 30.0 Å². The number of benzene rings is 2. The number of rotatable bonds is 4. The zero-order valence-electron chi connectivity index (χ0n) is 14.9. The van der Waals surface area contributed by atoms with Crippen molar-refractivity contribution in [3.8, 4) is 0 Å². The van der Waals surface area contributed by atoms with Crippen molar-refractivity contribution in [2.45, 2.75) is 13.0 Å². The fourth-order valence-corrected chi connectivity index (χ4v) is 2.51. The molecule has 2 aromatic carbocycles. The highest BCUT2D eigenvalue weighted by molar-refractivity contribution is 6.05. The van der Waals surface area contributed by atoms with E-state index in [9.17, 15) is 19.2 Å². The lowest BCUT2D eigenvalue weighted by Crippen LogP contribution is -2.51. The molecule has 3 aromatic rings. The molecule has 3 rings (SSSR count). The van der Waals surface area contributed by atoms with Gasteiger partial charge in [-0.2, -0.15) is 5.10 Å². The molecular formula is C19H17N5O4. The SMILES string of the molecule is CC(NC(=O)c1ccccc1)C(=O)NNC(=O)c1n[nH]c(=O)c2ccccc12. The van der Waals surface area contributed by atoms with Crippen molar-refractivity contribution in [3.05, 3.63) is 76.2 Å². The number of aromatic amines is 1. The van der Waals surface area contributed by atoms with Gasteiger partial charge in [-0.1, -0.05) is 36.4 Å². The summed E-state index contributed by atoms with van der Waals surface area (Å²) in [7, 11) is 0. The molecule has 28 heavy (non-hydrogen) atoms. The first-order valence-corrected chi connectivity index (χ1v) is 8.41. The zero-order valence-corrected chi connectivity index (χ0v) is 14.9. The number of nitrogens with one attached hydrogen (secondary N) is 4. The Bertz CT molecular complexity index is 1090. The molecule has 142 valence electrons. The van der Waals surface area contributed by atoms with E-state index in [-0.39, 0.29) is 5.69 Å². The molecule has 0 radical (unpaired) electrons. The van der Waals surface area contributed by atoms with Crippen molar-refractivity contribution in [1.29, 1.82) is 0 Å². The topological polar surface area (TPSA) is 133 Å². The molecule has 0 bridgehead atoms. The lowest BCUT2D eigenvalue weighted by molar-refractivity contribution is -0.123. The lowest BCUT2D eigenvalue weighted by atomic mass is 10.1. The van der Waals surface area contributed by atoms with E-state index < -0.39 is 29.3 Å². The number of carbonyl (C=O) groups is 3. The smallest absolute Gasteiger partial charge is 0.290 e. The highest BCUT2D eigenvalue weighted by atomic mass is 16.2. The van der Waals surface area contributed by atoms with Crippen LogP contribution in [0.25, 0.3) is 10.8 Å². The van der Waals surface area contributed by atoms with Crippen LogP contribution in [0, 0.1) is 0 Å². The van der Waals surface area contributed by atoms with Gasteiger partial charge in [-0.15, -0.1) is 0 Å². The fraction of sp³-hybridized carbons (Fsp3) is 0.105. The van der Waals surface area contributed by atoms with E-state index in [0.717, 1.165) is 0 Å². The van der Waals surface area contributed by atoms with Gasteiger partial charge < -0.3 is 5.32 Å². The maximum atomic E-state index is 12.3. The maximum absolute atomic E-state index is 12.3. The number of aromatic nitrogens is 2. The van der Waals surface area contributed by atoms with Gasteiger partial charge in [0, 0.05) is 10.9 Å². The van der Waals surface area contributed by atoms with Crippen molar-refractivity contribution in [1.82, 2.24) is 26.4 Å². The Labute approximate surface area is 159 Å². The third-order valence-electron chi connectivity index (χ3n) is 3.99. The Morgan fingerprint density at radius 3 is 2.25 bits per heavy atom. The molecule has 0 saturated carbocycles. The van der Waals surface area contributed by atoms with Gasteiger partial charge in [-0.05, 0) is 25.1 Å². The second-order valence-electron chi connectivity index (χ2n) is 5.95. The molecule has 1 heterocycles. The second kappa shape index (κ2) is 8.12. The molecule has 9 heteroatoms. The summed E-state index contributed by atoms with van der Waals surface area (Å²) in [6.07, 6.45) is 0.